The van der Waals surface area contributed by atoms with Crippen LogP contribution in [0.3, 0.4) is 0 Å². The molecule has 2 aliphatic heterocycles. The lowest BCUT2D eigenvalue weighted by atomic mass is 10.2. The average molecular weight is 289 g/mol. The first-order valence-electron chi connectivity index (χ1n) is 8.40. The fraction of sp³-hybridized carbons (Fsp3) is 1.00. The van der Waals surface area contributed by atoms with E-state index < -0.39 is 0 Å². The van der Waals surface area contributed by atoms with Crippen LogP contribution in [0.15, 0.2) is 0 Å². The maximum atomic E-state index is 2.70. The number of hydrogen-bond acceptors (Lipinski definition) is 2. The minimum atomic E-state index is 0. The van der Waals surface area contributed by atoms with Gasteiger partial charge in [-0.05, 0) is 77.8 Å². The molecule has 0 radical (unpaired) electrons. The van der Waals surface area contributed by atoms with Gasteiger partial charge in [-0.2, -0.15) is 0 Å². The van der Waals surface area contributed by atoms with Crippen LogP contribution in [0, 0.1) is 0 Å². The Balaban J connectivity index is 0.00000180. The van der Waals surface area contributed by atoms with Crippen molar-refractivity contribution in [3.63, 3.8) is 0 Å². The van der Waals surface area contributed by atoms with Crippen LogP contribution >= 0.6 is 12.4 Å². The topological polar surface area (TPSA) is 6.48 Å². The Labute approximate surface area is 126 Å². The molecule has 19 heavy (non-hydrogen) atoms. The molecule has 2 rings (SSSR count). The summed E-state index contributed by atoms with van der Waals surface area (Å²) < 4.78 is 0. The molecule has 2 fully saturated rings. The molecular formula is C16H33ClN2. The summed E-state index contributed by atoms with van der Waals surface area (Å²) in [5.74, 6) is 0. The predicted molar refractivity (Wildman–Crippen MR) is 86.3 cm³/mol. The van der Waals surface area contributed by atoms with Crippen molar-refractivity contribution in [3.05, 3.63) is 0 Å². The van der Waals surface area contributed by atoms with Gasteiger partial charge in [-0.1, -0.05) is 25.7 Å². The molecule has 0 aromatic carbocycles. The molecule has 3 heteroatoms. The lowest BCUT2D eigenvalue weighted by Crippen LogP contribution is -2.28. The Morgan fingerprint density at radius 3 is 1.11 bits per heavy atom. The number of unbranched alkanes of at least 4 members (excludes halogenated alkanes) is 1. The van der Waals surface area contributed by atoms with Crippen molar-refractivity contribution in [2.75, 3.05) is 39.3 Å². The minimum Gasteiger partial charge on any atom is -0.303 e. The smallest absolute Gasteiger partial charge is 0.00183 e. The van der Waals surface area contributed by atoms with E-state index in [1.54, 1.807) is 0 Å². The predicted octanol–water partition coefficient (Wildman–Crippen LogP) is 3.94. The summed E-state index contributed by atoms with van der Waals surface area (Å²) in [5, 5.41) is 0. The summed E-state index contributed by atoms with van der Waals surface area (Å²) in [6.07, 6.45) is 14.4. The van der Waals surface area contributed by atoms with Gasteiger partial charge in [-0.15, -0.1) is 12.4 Å². The highest BCUT2D eigenvalue weighted by atomic mass is 35.5. The summed E-state index contributed by atoms with van der Waals surface area (Å²) in [6.45, 7) is 8.17. The summed E-state index contributed by atoms with van der Waals surface area (Å²) in [6, 6.07) is 0. The number of halogens is 1. The summed E-state index contributed by atoms with van der Waals surface area (Å²) in [5.41, 5.74) is 0. The van der Waals surface area contributed by atoms with Crippen molar-refractivity contribution in [2.45, 2.75) is 64.2 Å². The van der Waals surface area contributed by atoms with Crippen molar-refractivity contribution in [1.82, 2.24) is 9.80 Å². The monoisotopic (exact) mass is 288 g/mol. The first-order chi connectivity index (χ1) is 8.95. The van der Waals surface area contributed by atoms with Crippen molar-refractivity contribution in [3.8, 4) is 0 Å². The molecule has 2 saturated heterocycles. The SMILES string of the molecule is C1CCCN(CCCCN2CCCCCC2)CC1.Cl. The van der Waals surface area contributed by atoms with E-state index in [1.807, 2.05) is 0 Å². The van der Waals surface area contributed by atoms with Crippen LogP contribution in [-0.2, 0) is 0 Å². The molecule has 2 nitrogen and oxygen atoms in total. The Morgan fingerprint density at radius 1 is 0.474 bits per heavy atom. The zero-order valence-corrected chi connectivity index (χ0v) is 13.4. The molecule has 0 amide bonds. The van der Waals surface area contributed by atoms with Crippen LogP contribution in [0.25, 0.3) is 0 Å². The van der Waals surface area contributed by atoms with E-state index in [1.165, 1.54) is 103 Å². The number of rotatable bonds is 5. The fourth-order valence-electron chi connectivity index (χ4n) is 3.39. The number of hydrogen-bond donors (Lipinski definition) is 0. The maximum Gasteiger partial charge on any atom is -0.00183 e. The van der Waals surface area contributed by atoms with Gasteiger partial charge >= 0.3 is 0 Å². The van der Waals surface area contributed by atoms with E-state index in [9.17, 15) is 0 Å². The van der Waals surface area contributed by atoms with Crippen LogP contribution in [-0.4, -0.2) is 49.1 Å². The van der Waals surface area contributed by atoms with Crippen LogP contribution in [0.1, 0.15) is 64.2 Å². The average Bonchev–Trinajstić information content (AvgIpc) is 2.79. The van der Waals surface area contributed by atoms with Crippen LogP contribution in [0.2, 0.25) is 0 Å². The van der Waals surface area contributed by atoms with Crippen LogP contribution in [0.5, 0.6) is 0 Å². The highest BCUT2D eigenvalue weighted by Crippen LogP contribution is 2.12. The van der Waals surface area contributed by atoms with Crippen LogP contribution < -0.4 is 0 Å². The molecular weight excluding hydrogens is 256 g/mol. The second-order valence-electron chi connectivity index (χ2n) is 6.22. The van der Waals surface area contributed by atoms with Crippen molar-refractivity contribution in [1.29, 1.82) is 0 Å². The van der Waals surface area contributed by atoms with Crippen molar-refractivity contribution >= 4 is 12.4 Å². The Morgan fingerprint density at radius 2 is 0.789 bits per heavy atom. The molecule has 0 aromatic heterocycles. The van der Waals surface area contributed by atoms with Gasteiger partial charge in [0.25, 0.3) is 0 Å². The van der Waals surface area contributed by atoms with E-state index in [4.69, 9.17) is 0 Å². The van der Waals surface area contributed by atoms with Gasteiger partial charge in [0.15, 0.2) is 0 Å². The molecule has 0 saturated carbocycles. The highest BCUT2D eigenvalue weighted by molar-refractivity contribution is 5.85. The van der Waals surface area contributed by atoms with Gasteiger partial charge in [0.1, 0.15) is 0 Å². The van der Waals surface area contributed by atoms with E-state index in [-0.39, 0.29) is 12.4 Å². The van der Waals surface area contributed by atoms with E-state index in [0.717, 1.165) is 0 Å². The first kappa shape index (κ1) is 17.3. The van der Waals surface area contributed by atoms with Crippen molar-refractivity contribution < 1.29 is 0 Å². The normalized spacial score (nSPS) is 23.4. The molecule has 0 N–H and O–H groups in total. The minimum absolute atomic E-state index is 0. The quantitative estimate of drug-likeness (QED) is 0.707. The second kappa shape index (κ2) is 10.9. The number of likely N-dealkylation sites (tertiary alicyclic amines) is 2. The second-order valence-corrected chi connectivity index (χ2v) is 6.22. The lowest BCUT2D eigenvalue weighted by molar-refractivity contribution is 0.250. The molecule has 114 valence electrons. The molecule has 2 aliphatic rings. The van der Waals surface area contributed by atoms with Gasteiger partial charge in [-0.3, -0.25) is 0 Å². The van der Waals surface area contributed by atoms with Gasteiger partial charge in [-0.25, -0.2) is 0 Å². The maximum absolute atomic E-state index is 2.70. The van der Waals surface area contributed by atoms with Gasteiger partial charge in [0.2, 0.25) is 0 Å². The molecule has 0 spiro atoms. The van der Waals surface area contributed by atoms with E-state index in [2.05, 4.69) is 9.80 Å². The fourth-order valence-corrected chi connectivity index (χ4v) is 3.39. The van der Waals surface area contributed by atoms with E-state index in [0.29, 0.717) is 0 Å². The Kier molecular flexibility index (Phi) is 9.93. The molecule has 0 aliphatic carbocycles. The zero-order valence-electron chi connectivity index (χ0n) is 12.6. The third-order valence-corrected chi connectivity index (χ3v) is 4.60. The molecule has 0 bridgehead atoms. The standard InChI is InChI=1S/C16H32N2.ClH/c1-2-6-12-17(11-5-1)15-9-10-16-18-13-7-3-4-8-14-18;/h1-16H2;1H. The Bertz CT molecular complexity index is 173. The molecule has 2 heterocycles. The lowest BCUT2D eigenvalue weighted by Gasteiger charge is -2.22. The van der Waals surface area contributed by atoms with Gasteiger partial charge in [0.05, 0.1) is 0 Å². The summed E-state index contributed by atoms with van der Waals surface area (Å²) in [4.78, 5) is 5.41. The van der Waals surface area contributed by atoms with E-state index >= 15 is 0 Å². The summed E-state index contributed by atoms with van der Waals surface area (Å²) in [7, 11) is 0. The summed E-state index contributed by atoms with van der Waals surface area (Å²) >= 11 is 0. The Hall–Kier alpha value is 0.210. The third-order valence-electron chi connectivity index (χ3n) is 4.60. The molecule has 0 aromatic rings. The number of nitrogens with zero attached hydrogens (tertiary/aromatic N) is 2. The first-order valence-corrected chi connectivity index (χ1v) is 8.40. The third kappa shape index (κ3) is 7.53. The van der Waals surface area contributed by atoms with Crippen LogP contribution in [0.4, 0.5) is 0 Å². The van der Waals surface area contributed by atoms with Crippen molar-refractivity contribution in [2.24, 2.45) is 0 Å². The zero-order chi connectivity index (χ0) is 12.5. The highest BCUT2D eigenvalue weighted by Gasteiger charge is 2.10. The molecule has 0 unspecified atom stereocenters. The molecule has 0 atom stereocenters. The van der Waals surface area contributed by atoms with Gasteiger partial charge < -0.3 is 9.80 Å². The van der Waals surface area contributed by atoms with Gasteiger partial charge in [0, 0.05) is 0 Å². The largest absolute Gasteiger partial charge is 0.303 e.